The van der Waals surface area contributed by atoms with E-state index in [4.69, 9.17) is 14.2 Å². The molecule has 2 aliphatic carbocycles. The van der Waals surface area contributed by atoms with Crippen LogP contribution >= 0.6 is 11.3 Å². The summed E-state index contributed by atoms with van der Waals surface area (Å²) >= 11 is 1.24. The normalized spacial score (nSPS) is 18.6. The smallest absolute Gasteiger partial charge is 0.335 e. The van der Waals surface area contributed by atoms with Gasteiger partial charge in [0.25, 0.3) is 0 Å². The molecule has 15 heteroatoms. The van der Waals surface area contributed by atoms with Gasteiger partial charge in [-0.05, 0) is 137 Å². The second kappa shape index (κ2) is 19.8. The highest BCUT2D eigenvalue weighted by molar-refractivity contribution is 7.92. The third-order valence-corrected chi connectivity index (χ3v) is 17.4. The predicted octanol–water partition coefficient (Wildman–Crippen LogP) is 8.39. The summed E-state index contributed by atoms with van der Waals surface area (Å²) in [7, 11) is -6.45. The molecular formula is C46H53NO11S3. The van der Waals surface area contributed by atoms with Crippen LogP contribution in [0.4, 0.5) is 0 Å². The fourth-order valence-corrected chi connectivity index (χ4v) is 12.2. The average molecular weight is 892 g/mol. The number of carboxylic acids is 1. The van der Waals surface area contributed by atoms with Crippen LogP contribution in [0.5, 0.6) is 10.8 Å². The fourth-order valence-electron chi connectivity index (χ4n) is 8.05. The zero-order chi connectivity index (χ0) is 43.1. The summed E-state index contributed by atoms with van der Waals surface area (Å²) in [6, 6.07) is 20.0. The number of aromatic nitrogens is 1. The molecule has 4 aromatic rings. The maximum Gasteiger partial charge on any atom is 0.335 e. The molecule has 0 unspecified atom stereocenters. The molecule has 0 amide bonds. The number of nitrogens with zero attached hydrogens (tertiary/aromatic N) is 1. The molecule has 1 N–H and O–H groups in total. The van der Waals surface area contributed by atoms with E-state index in [2.05, 4.69) is 4.98 Å². The van der Waals surface area contributed by atoms with Crippen LogP contribution in [0.3, 0.4) is 0 Å². The lowest BCUT2D eigenvalue weighted by Crippen LogP contribution is -2.23. The molecule has 2 aliphatic heterocycles. The maximum absolute atomic E-state index is 13.6. The highest BCUT2D eigenvalue weighted by Crippen LogP contribution is 2.38. The number of sulfone groups is 2. The van der Waals surface area contributed by atoms with Crippen molar-refractivity contribution >= 4 is 48.5 Å². The number of carbonyl (C=O) groups excluding carboxylic acids is 2. The number of hydrogen-bond donors (Lipinski definition) is 1. The lowest BCUT2D eigenvalue weighted by atomic mass is 9.82. The van der Waals surface area contributed by atoms with E-state index < -0.39 is 25.6 Å². The van der Waals surface area contributed by atoms with Crippen LogP contribution in [-0.4, -0.2) is 81.4 Å². The zero-order valence-electron chi connectivity index (χ0n) is 34.3. The quantitative estimate of drug-likeness (QED) is 0.107. The Morgan fingerprint density at radius 3 is 1.69 bits per heavy atom. The average Bonchev–Trinajstić information content (AvgIpc) is 4.21. The minimum atomic E-state index is -3.29. The van der Waals surface area contributed by atoms with E-state index in [1.54, 1.807) is 55.5 Å². The number of benzene rings is 3. The van der Waals surface area contributed by atoms with E-state index in [9.17, 15) is 36.3 Å². The second-order valence-corrected chi connectivity index (χ2v) is 22.1. The molecular weight excluding hydrogens is 839 g/mol. The summed E-state index contributed by atoms with van der Waals surface area (Å²) < 4.78 is 66.4. The second-order valence-electron chi connectivity index (χ2n) is 16.6. The minimum absolute atomic E-state index is 0.0167. The third kappa shape index (κ3) is 11.8. The van der Waals surface area contributed by atoms with Crippen LogP contribution in [0.15, 0.2) is 88.8 Å². The fraction of sp³-hybridized carbons (Fsp3) is 0.478. The van der Waals surface area contributed by atoms with Gasteiger partial charge in [0, 0.05) is 38.3 Å². The van der Waals surface area contributed by atoms with Gasteiger partial charge in [0.05, 0.1) is 38.5 Å². The predicted molar refractivity (Wildman–Crippen MR) is 230 cm³/mol. The molecule has 2 saturated carbocycles. The van der Waals surface area contributed by atoms with Crippen molar-refractivity contribution in [2.75, 3.05) is 26.4 Å². The molecule has 0 radical (unpaired) electrons. The highest BCUT2D eigenvalue weighted by Gasteiger charge is 2.38. The monoisotopic (exact) mass is 891 g/mol. The van der Waals surface area contributed by atoms with Crippen molar-refractivity contribution in [1.29, 1.82) is 0 Å². The Morgan fingerprint density at radius 2 is 1.21 bits per heavy atom. The van der Waals surface area contributed by atoms with Gasteiger partial charge < -0.3 is 19.3 Å². The van der Waals surface area contributed by atoms with Crippen LogP contribution in [0.25, 0.3) is 0 Å². The molecule has 326 valence electrons. The number of Topliss-reactive ketones (excluding diaryl/α,β-unsaturated/α-hetero) is 2. The standard InChI is InChI=1S/C28H29NO7S2.C18H24O4S/c30-25(16-26-29-17-27(37-26)36-21-3-1-2-20(15-21)28(31)32)24(14-18-10-12-35-13-11-18)19-4-6-22(7-5-19)38(33,34)23-8-9-23;1-13(19)18(12-14-8-10-22-11-9-14)15-2-4-16(5-3-15)23(20,21)17-6-7-17/h1-7,15,17-18,23-24H,8-14,16H2,(H,31,32);2-5,14,17-18H,6-12H2,1H3/t24-;18-/m10/s1. The first kappa shape index (κ1) is 44.8. The van der Waals surface area contributed by atoms with Crippen molar-refractivity contribution < 1.29 is 50.5 Å². The first-order chi connectivity index (χ1) is 29.3. The number of rotatable bonds is 17. The topological polar surface area (TPSA) is 180 Å². The summed E-state index contributed by atoms with van der Waals surface area (Å²) in [5.41, 5.74) is 1.86. The Bertz CT molecular complexity index is 2370. The Balaban J connectivity index is 0.000000208. The molecule has 8 rings (SSSR count). The van der Waals surface area contributed by atoms with Crippen molar-refractivity contribution in [3.05, 3.63) is 101 Å². The van der Waals surface area contributed by atoms with Gasteiger partial charge in [-0.15, -0.1) is 0 Å². The van der Waals surface area contributed by atoms with Crippen LogP contribution in [-0.2, 0) is 45.2 Å². The van der Waals surface area contributed by atoms with Crippen LogP contribution < -0.4 is 4.74 Å². The van der Waals surface area contributed by atoms with Crippen LogP contribution in [0, 0.1) is 11.8 Å². The molecule has 12 nitrogen and oxygen atoms in total. The number of carboxylic acid groups (broad SMARTS) is 1. The summed E-state index contributed by atoms with van der Waals surface area (Å²) in [6.07, 6.45) is 9.89. The lowest BCUT2D eigenvalue weighted by Gasteiger charge is -2.26. The highest BCUT2D eigenvalue weighted by atomic mass is 32.2. The van der Waals surface area contributed by atoms with Crippen LogP contribution in [0.1, 0.15) is 109 Å². The molecule has 3 heterocycles. The number of aromatic carboxylic acids is 1. The summed E-state index contributed by atoms with van der Waals surface area (Å²) in [5, 5.41) is 9.78. The molecule has 3 aromatic carbocycles. The number of thiazole rings is 1. The van der Waals surface area contributed by atoms with Gasteiger partial charge in [0.15, 0.2) is 19.7 Å². The molecule has 61 heavy (non-hydrogen) atoms. The summed E-state index contributed by atoms with van der Waals surface area (Å²) in [5.74, 6) is -0.161. The molecule has 4 fully saturated rings. The van der Waals surface area contributed by atoms with Crippen molar-refractivity contribution in [3.8, 4) is 10.8 Å². The molecule has 0 bridgehead atoms. The van der Waals surface area contributed by atoms with Crippen molar-refractivity contribution in [1.82, 2.24) is 4.98 Å². The Labute approximate surface area is 361 Å². The van der Waals surface area contributed by atoms with E-state index in [-0.39, 0.29) is 45.9 Å². The number of carbonyl (C=O) groups is 3. The minimum Gasteiger partial charge on any atom is -0.478 e. The van der Waals surface area contributed by atoms with Gasteiger partial charge in [0.2, 0.25) is 5.06 Å². The van der Waals surface area contributed by atoms with Gasteiger partial charge >= 0.3 is 5.97 Å². The third-order valence-electron chi connectivity index (χ3n) is 12.0. The van der Waals surface area contributed by atoms with Gasteiger partial charge in [-0.2, -0.15) is 0 Å². The maximum atomic E-state index is 13.6. The van der Waals surface area contributed by atoms with E-state index >= 15 is 0 Å². The van der Waals surface area contributed by atoms with Crippen molar-refractivity contribution in [2.45, 2.75) is 110 Å². The van der Waals surface area contributed by atoms with Crippen molar-refractivity contribution in [2.24, 2.45) is 11.8 Å². The van der Waals surface area contributed by atoms with Gasteiger partial charge in [0.1, 0.15) is 22.3 Å². The summed E-state index contributed by atoms with van der Waals surface area (Å²) in [4.78, 5) is 41.9. The Hall–Kier alpha value is -4.28. The number of ketones is 2. The zero-order valence-corrected chi connectivity index (χ0v) is 36.7. The molecule has 2 saturated heterocycles. The van der Waals surface area contributed by atoms with Gasteiger partial charge in [-0.3, -0.25) is 9.59 Å². The van der Waals surface area contributed by atoms with Crippen molar-refractivity contribution in [3.63, 3.8) is 0 Å². The van der Waals surface area contributed by atoms with E-state index in [1.165, 1.54) is 29.7 Å². The van der Waals surface area contributed by atoms with Gasteiger partial charge in [-0.25, -0.2) is 26.6 Å². The molecule has 4 aliphatic rings. The largest absolute Gasteiger partial charge is 0.478 e. The Morgan fingerprint density at radius 1 is 0.721 bits per heavy atom. The van der Waals surface area contributed by atoms with E-state index in [1.807, 2.05) is 12.1 Å². The van der Waals surface area contributed by atoms with E-state index in [0.29, 0.717) is 69.9 Å². The molecule has 0 spiro atoms. The van der Waals surface area contributed by atoms with E-state index in [0.717, 1.165) is 69.3 Å². The first-order valence-electron chi connectivity index (χ1n) is 21.1. The SMILES string of the molecule is CC(=O)[C@H](CC1CCOCC1)c1ccc(S(=O)(=O)C2CC2)cc1.O=C(O)c1cccc(Oc2cnc(CC(=O)[C@H](CC3CCOCC3)c3ccc(S(=O)(=O)C4CC4)cc3)s2)c1. The number of ether oxygens (including phenoxy) is 3. The molecule has 2 atom stereocenters. The Kier molecular flexibility index (Phi) is 14.6. The summed E-state index contributed by atoms with van der Waals surface area (Å²) in [6.45, 7) is 4.53. The molecule has 1 aromatic heterocycles. The first-order valence-corrected chi connectivity index (χ1v) is 25.0. The lowest BCUT2D eigenvalue weighted by molar-refractivity contribution is -0.120. The number of hydrogen-bond acceptors (Lipinski definition) is 12. The van der Waals surface area contributed by atoms with Crippen LogP contribution in [0.2, 0.25) is 0 Å². The van der Waals surface area contributed by atoms with Gasteiger partial charge in [-0.1, -0.05) is 41.7 Å².